The maximum Gasteiger partial charge on any atom is 0.573 e. The Hall–Kier alpha value is -2.23. The maximum atomic E-state index is 12.1. The first-order valence-electron chi connectivity index (χ1n) is 7.54. The fraction of sp³-hybridized carbons (Fsp3) is 0.263. The molecule has 1 nitrogen and oxygen atoms in total. The Bertz CT molecular complexity index is 613. The number of aryl methyl sites for hydroxylation is 1. The largest absolute Gasteiger partial charge is 0.573 e. The van der Waals surface area contributed by atoms with Gasteiger partial charge in [-0.05, 0) is 54.5 Å². The SMILES string of the molecule is C=CCCCCc1ccc(-c2ccc(OC(F)(F)F)cc2)cc1. The van der Waals surface area contributed by atoms with Crippen molar-refractivity contribution in [3.05, 3.63) is 66.7 Å². The van der Waals surface area contributed by atoms with Gasteiger partial charge in [0.05, 0.1) is 0 Å². The zero-order chi connectivity index (χ0) is 16.7. The van der Waals surface area contributed by atoms with Crippen LogP contribution in [0.5, 0.6) is 5.75 Å². The van der Waals surface area contributed by atoms with Crippen LogP contribution in [0.25, 0.3) is 11.1 Å². The molecule has 0 aliphatic rings. The first-order chi connectivity index (χ1) is 11.0. The molecule has 0 radical (unpaired) electrons. The van der Waals surface area contributed by atoms with Crippen LogP contribution >= 0.6 is 0 Å². The smallest absolute Gasteiger partial charge is 0.406 e. The van der Waals surface area contributed by atoms with Crippen molar-refractivity contribution in [2.45, 2.75) is 32.0 Å². The molecule has 2 rings (SSSR count). The minimum atomic E-state index is -4.66. The third-order valence-electron chi connectivity index (χ3n) is 3.50. The molecule has 0 aromatic heterocycles. The molecule has 0 aliphatic carbocycles. The highest BCUT2D eigenvalue weighted by atomic mass is 19.4. The second-order valence-corrected chi connectivity index (χ2v) is 5.30. The molecule has 0 heterocycles. The van der Waals surface area contributed by atoms with Gasteiger partial charge in [0.25, 0.3) is 0 Å². The lowest BCUT2D eigenvalue weighted by Crippen LogP contribution is -2.16. The zero-order valence-electron chi connectivity index (χ0n) is 12.8. The summed E-state index contributed by atoms with van der Waals surface area (Å²) in [5.74, 6) is -0.208. The van der Waals surface area contributed by atoms with Crippen molar-refractivity contribution in [2.75, 3.05) is 0 Å². The van der Waals surface area contributed by atoms with Crippen LogP contribution in [0.4, 0.5) is 13.2 Å². The maximum absolute atomic E-state index is 12.1. The predicted octanol–water partition coefficient (Wildman–Crippen LogP) is 6.15. The molecule has 0 unspecified atom stereocenters. The van der Waals surface area contributed by atoms with Crippen LogP contribution in [-0.2, 0) is 6.42 Å². The van der Waals surface area contributed by atoms with Crippen LogP contribution in [-0.4, -0.2) is 6.36 Å². The minimum Gasteiger partial charge on any atom is -0.406 e. The van der Waals surface area contributed by atoms with Gasteiger partial charge in [-0.25, -0.2) is 0 Å². The molecular weight excluding hydrogens is 301 g/mol. The molecule has 0 saturated carbocycles. The number of hydrogen-bond acceptors (Lipinski definition) is 1. The quantitative estimate of drug-likeness (QED) is 0.439. The van der Waals surface area contributed by atoms with Crippen LogP contribution in [0.3, 0.4) is 0 Å². The topological polar surface area (TPSA) is 9.23 Å². The summed E-state index contributed by atoms with van der Waals surface area (Å²) in [6.45, 7) is 3.70. The number of unbranched alkanes of at least 4 members (excludes halogenated alkanes) is 2. The van der Waals surface area contributed by atoms with Gasteiger partial charge in [-0.2, -0.15) is 0 Å². The van der Waals surface area contributed by atoms with Crippen LogP contribution in [0.2, 0.25) is 0 Å². The molecule has 4 heteroatoms. The average molecular weight is 320 g/mol. The van der Waals surface area contributed by atoms with E-state index in [1.807, 2.05) is 18.2 Å². The summed E-state index contributed by atoms with van der Waals surface area (Å²) >= 11 is 0. The van der Waals surface area contributed by atoms with Gasteiger partial charge in [0.2, 0.25) is 0 Å². The summed E-state index contributed by atoms with van der Waals surface area (Å²) < 4.78 is 40.3. The van der Waals surface area contributed by atoms with Gasteiger partial charge in [0.1, 0.15) is 5.75 Å². The second kappa shape index (κ2) is 7.86. The van der Waals surface area contributed by atoms with Gasteiger partial charge in [-0.3, -0.25) is 0 Å². The molecule has 0 amide bonds. The fourth-order valence-corrected chi connectivity index (χ4v) is 2.33. The molecular formula is C19H19F3O. The van der Waals surface area contributed by atoms with Crippen LogP contribution < -0.4 is 4.74 Å². The molecule has 23 heavy (non-hydrogen) atoms. The number of ether oxygens (including phenoxy) is 1. The summed E-state index contributed by atoms with van der Waals surface area (Å²) in [4.78, 5) is 0. The van der Waals surface area contributed by atoms with Crippen LogP contribution in [0.1, 0.15) is 24.8 Å². The average Bonchev–Trinajstić information content (AvgIpc) is 2.52. The van der Waals surface area contributed by atoms with E-state index in [1.165, 1.54) is 17.7 Å². The van der Waals surface area contributed by atoms with E-state index in [2.05, 4.69) is 23.4 Å². The Morgan fingerprint density at radius 2 is 1.43 bits per heavy atom. The summed E-state index contributed by atoms with van der Waals surface area (Å²) in [5.41, 5.74) is 3.09. The van der Waals surface area contributed by atoms with Gasteiger partial charge in [0.15, 0.2) is 0 Å². The van der Waals surface area contributed by atoms with Gasteiger partial charge in [-0.15, -0.1) is 19.8 Å². The molecule has 0 bridgehead atoms. The highest BCUT2D eigenvalue weighted by Gasteiger charge is 2.30. The summed E-state index contributed by atoms with van der Waals surface area (Å²) in [7, 11) is 0. The highest BCUT2D eigenvalue weighted by Crippen LogP contribution is 2.26. The Morgan fingerprint density at radius 3 is 1.96 bits per heavy atom. The number of benzene rings is 2. The van der Waals surface area contributed by atoms with E-state index >= 15 is 0 Å². The number of halogens is 3. The van der Waals surface area contributed by atoms with Crippen LogP contribution in [0.15, 0.2) is 61.2 Å². The lowest BCUT2D eigenvalue weighted by Gasteiger charge is -2.09. The first kappa shape index (κ1) is 17.1. The third-order valence-corrected chi connectivity index (χ3v) is 3.50. The van der Waals surface area contributed by atoms with Crippen molar-refractivity contribution in [1.29, 1.82) is 0 Å². The molecule has 122 valence electrons. The standard InChI is InChI=1S/C19H19F3O/c1-2-3-4-5-6-15-7-9-16(10-8-15)17-11-13-18(14-12-17)23-19(20,21)22/h2,7-14H,1,3-6H2. The van der Waals surface area contributed by atoms with Gasteiger partial charge < -0.3 is 4.74 Å². The Balaban J connectivity index is 1.97. The van der Waals surface area contributed by atoms with Crippen LogP contribution in [0, 0.1) is 0 Å². The van der Waals surface area contributed by atoms with Crippen molar-refractivity contribution < 1.29 is 17.9 Å². The number of alkyl halides is 3. The van der Waals surface area contributed by atoms with Crippen molar-refractivity contribution in [2.24, 2.45) is 0 Å². The first-order valence-corrected chi connectivity index (χ1v) is 7.54. The highest BCUT2D eigenvalue weighted by molar-refractivity contribution is 5.64. The molecule has 0 aliphatic heterocycles. The van der Waals surface area contributed by atoms with Gasteiger partial charge >= 0.3 is 6.36 Å². The molecule has 2 aromatic rings. The van der Waals surface area contributed by atoms with E-state index in [0.717, 1.165) is 36.8 Å². The normalized spacial score (nSPS) is 11.3. The molecule has 0 N–H and O–H groups in total. The van der Waals surface area contributed by atoms with E-state index in [1.54, 1.807) is 12.1 Å². The number of hydrogen-bond donors (Lipinski definition) is 0. The molecule has 2 aromatic carbocycles. The van der Waals surface area contributed by atoms with E-state index in [0.29, 0.717) is 0 Å². The summed E-state index contributed by atoms with van der Waals surface area (Å²) in [5, 5.41) is 0. The Labute approximate surface area is 134 Å². The van der Waals surface area contributed by atoms with Crippen molar-refractivity contribution in [1.82, 2.24) is 0 Å². The van der Waals surface area contributed by atoms with Crippen molar-refractivity contribution in [3.63, 3.8) is 0 Å². The monoisotopic (exact) mass is 320 g/mol. The molecule has 0 spiro atoms. The van der Waals surface area contributed by atoms with E-state index in [9.17, 15) is 13.2 Å². The Morgan fingerprint density at radius 1 is 0.870 bits per heavy atom. The van der Waals surface area contributed by atoms with Crippen molar-refractivity contribution >= 4 is 0 Å². The molecule has 0 atom stereocenters. The van der Waals surface area contributed by atoms with Gasteiger partial charge in [-0.1, -0.05) is 42.5 Å². The Kier molecular flexibility index (Phi) is 5.85. The lowest BCUT2D eigenvalue weighted by molar-refractivity contribution is -0.274. The molecule has 0 saturated heterocycles. The van der Waals surface area contributed by atoms with Gasteiger partial charge in [0, 0.05) is 0 Å². The van der Waals surface area contributed by atoms with E-state index in [-0.39, 0.29) is 5.75 Å². The van der Waals surface area contributed by atoms with Crippen molar-refractivity contribution in [3.8, 4) is 16.9 Å². The summed E-state index contributed by atoms with van der Waals surface area (Å²) in [6, 6.07) is 14.0. The lowest BCUT2D eigenvalue weighted by atomic mass is 10.0. The third kappa shape index (κ3) is 5.81. The van der Waals surface area contributed by atoms with E-state index in [4.69, 9.17) is 0 Å². The second-order valence-electron chi connectivity index (χ2n) is 5.30. The van der Waals surface area contributed by atoms with E-state index < -0.39 is 6.36 Å². The number of rotatable bonds is 7. The minimum absolute atomic E-state index is 0.208. The predicted molar refractivity (Wildman–Crippen MR) is 86.3 cm³/mol. The zero-order valence-corrected chi connectivity index (χ0v) is 12.8. The molecule has 0 fully saturated rings. The fourth-order valence-electron chi connectivity index (χ4n) is 2.33. The summed E-state index contributed by atoms with van der Waals surface area (Å²) in [6.07, 6.45) is 1.57. The number of allylic oxidation sites excluding steroid dienone is 1.